The summed E-state index contributed by atoms with van der Waals surface area (Å²) < 4.78 is 6.83. The zero-order chi connectivity index (χ0) is 13.6. The van der Waals surface area contributed by atoms with Crippen LogP contribution in [0.5, 0.6) is 0 Å². The Morgan fingerprint density at radius 1 is 1.06 bits per heavy atom. The highest BCUT2D eigenvalue weighted by Crippen LogP contribution is 2.03. The highest BCUT2D eigenvalue weighted by Gasteiger charge is 2.13. The van der Waals surface area contributed by atoms with E-state index in [4.69, 9.17) is 0 Å². The van der Waals surface area contributed by atoms with Gasteiger partial charge >= 0.3 is 0 Å². The molecule has 0 unspecified atom stereocenters. The van der Waals surface area contributed by atoms with Gasteiger partial charge in [-0.3, -0.25) is 0 Å². The molecule has 1 aromatic rings. The highest BCUT2D eigenvalue weighted by atomic mass is 28.3. The van der Waals surface area contributed by atoms with Crippen molar-refractivity contribution in [1.82, 2.24) is 18.3 Å². The third-order valence-corrected chi connectivity index (χ3v) is 7.58. The van der Waals surface area contributed by atoms with E-state index in [1.54, 1.807) is 0 Å². The minimum absolute atomic E-state index is 0.682. The molecule has 0 bridgehead atoms. The van der Waals surface area contributed by atoms with Crippen molar-refractivity contribution in [2.24, 2.45) is 0 Å². The first-order chi connectivity index (χ1) is 7.66. The fourth-order valence-corrected chi connectivity index (χ4v) is 2.97. The van der Waals surface area contributed by atoms with E-state index in [9.17, 15) is 0 Å². The molecular weight excluding hydrogens is 244 g/mol. The molecule has 6 heteroatoms. The van der Waals surface area contributed by atoms with Crippen LogP contribution in [-0.2, 0) is 0 Å². The van der Waals surface area contributed by atoms with Crippen LogP contribution >= 0.6 is 0 Å². The van der Waals surface area contributed by atoms with Gasteiger partial charge in [0.1, 0.15) is 0 Å². The molecule has 1 rings (SSSR count). The molecule has 0 radical (unpaired) electrons. The van der Waals surface area contributed by atoms with Crippen LogP contribution in [0, 0.1) is 0 Å². The molecule has 4 nitrogen and oxygen atoms in total. The Labute approximate surface area is 109 Å². The molecule has 1 heterocycles. The second kappa shape index (κ2) is 7.10. The maximum absolute atomic E-state index is 3.99. The molecule has 0 saturated carbocycles. The van der Waals surface area contributed by atoms with Gasteiger partial charge in [0.05, 0.1) is 6.33 Å². The van der Waals surface area contributed by atoms with Crippen molar-refractivity contribution in [1.29, 1.82) is 0 Å². The summed E-state index contributed by atoms with van der Waals surface area (Å²) in [6, 6.07) is 0. The molecule has 100 valence electrons. The van der Waals surface area contributed by atoms with Gasteiger partial charge in [0.15, 0.2) is 17.4 Å². The Morgan fingerprint density at radius 2 is 1.53 bits per heavy atom. The molecule has 0 aliphatic carbocycles. The third-order valence-electron chi connectivity index (χ3n) is 2.77. The molecule has 0 spiro atoms. The van der Waals surface area contributed by atoms with E-state index in [0.717, 1.165) is 0 Å². The number of aromatic nitrogens is 2. The molecule has 0 N–H and O–H groups in total. The van der Waals surface area contributed by atoms with Crippen molar-refractivity contribution in [2.75, 3.05) is 28.2 Å². The quantitative estimate of drug-likeness (QED) is 0.780. The van der Waals surface area contributed by atoms with Gasteiger partial charge in [0.25, 0.3) is 0 Å². The van der Waals surface area contributed by atoms with Crippen molar-refractivity contribution >= 4 is 17.4 Å². The zero-order valence-corrected chi connectivity index (χ0v) is 14.8. The lowest BCUT2D eigenvalue weighted by molar-refractivity contribution is 0.524. The first kappa shape index (κ1) is 16.6. The van der Waals surface area contributed by atoms with Gasteiger partial charge in [-0.05, 0) is 34.7 Å². The first-order valence-corrected chi connectivity index (χ1v) is 11.6. The number of hydrogen-bond acceptors (Lipinski definition) is 3. The summed E-state index contributed by atoms with van der Waals surface area (Å²) in [5, 5.41) is 0. The molecule has 1 aromatic heterocycles. The largest absolute Gasteiger partial charge is 0.365 e. The SMILES string of the molecule is CN(C)[SiH](C)N(C)C.C[Si](C)(C)n1ccnc1. The highest BCUT2D eigenvalue weighted by molar-refractivity contribution is 6.74. The Hall–Kier alpha value is -0.436. The zero-order valence-electron chi connectivity index (χ0n) is 12.6. The van der Waals surface area contributed by atoms with Crippen LogP contribution in [0.2, 0.25) is 26.2 Å². The average molecular weight is 273 g/mol. The number of rotatable bonds is 3. The second-order valence-corrected chi connectivity index (χ2v) is 13.9. The van der Waals surface area contributed by atoms with Crippen LogP contribution in [0.1, 0.15) is 0 Å². The van der Waals surface area contributed by atoms with Crippen molar-refractivity contribution in [2.45, 2.75) is 26.2 Å². The monoisotopic (exact) mass is 272 g/mol. The summed E-state index contributed by atoms with van der Waals surface area (Å²) in [4.78, 5) is 3.99. The third kappa shape index (κ3) is 6.77. The van der Waals surface area contributed by atoms with E-state index >= 15 is 0 Å². The van der Waals surface area contributed by atoms with E-state index in [1.165, 1.54) is 0 Å². The van der Waals surface area contributed by atoms with E-state index in [-0.39, 0.29) is 0 Å². The summed E-state index contributed by atoms with van der Waals surface area (Å²) in [6.45, 7) is 9.16. The minimum atomic E-state index is -1.13. The van der Waals surface area contributed by atoms with Crippen molar-refractivity contribution < 1.29 is 0 Å². The van der Waals surface area contributed by atoms with Crippen LogP contribution in [0.4, 0.5) is 0 Å². The standard InChI is InChI=1S/C6H12N2Si.C5H16N2Si/c1-9(2,3)8-5-4-7-6-8;1-6(2)8(5)7(3)4/h4-6H,1-3H3;8H,1-5H3. The van der Waals surface area contributed by atoms with E-state index in [0.29, 0.717) is 0 Å². The van der Waals surface area contributed by atoms with Gasteiger partial charge in [0.2, 0.25) is 0 Å². The normalized spacial score (nSPS) is 11.9. The molecule has 0 aromatic carbocycles. The Kier molecular flexibility index (Phi) is 6.92. The topological polar surface area (TPSA) is 24.3 Å². The lowest BCUT2D eigenvalue weighted by atomic mass is 11.0. The number of nitrogens with zero attached hydrogens (tertiary/aromatic N) is 4. The Bertz CT molecular complexity index is 283. The second-order valence-electron chi connectivity index (χ2n) is 5.70. The summed E-state index contributed by atoms with van der Waals surface area (Å²) in [6.07, 6.45) is 5.76. The van der Waals surface area contributed by atoms with Crippen LogP contribution in [0.15, 0.2) is 18.7 Å². The molecule has 0 saturated heterocycles. The van der Waals surface area contributed by atoms with Crippen LogP contribution in [-0.4, -0.2) is 63.9 Å². The van der Waals surface area contributed by atoms with Gasteiger partial charge in [0, 0.05) is 12.4 Å². The smallest absolute Gasteiger partial charge is 0.185 e. The first-order valence-electron chi connectivity index (χ1n) is 5.97. The predicted molar refractivity (Wildman–Crippen MR) is 81.4 cm³/mol. The van der Waals surface area contributed by atoms with Crippen molar-refractivity contribution in [3.63, 3.8) is 0 Å². The van der Waals surface area contributed by atoms with Crippen LogP contribution in [0.25, 0.3) is 0 Å². The summed E-state index contributed by atoms with van der Waals surface area (Å²) in [5.74, 6) is 0. The van der Waals surface area contributed by atoms with Gasteiger partial charge < -0.3 is 13.4 Å². The van der Waals surface area contributed by atoms with E-state index < -0.39 is 17.4 Å². The predicted octanol–water partition coefficient (Wildman–Crippen LogP) is 1.53. The molecule has 0 atom stereocenters. The average Bonchev–Trinajstić information content (AvgIpc) is 2.69. The summed E-state index contributed by atoms with van der Waals surface area (Å²) in [7, 11) is 6.73. The van der Waals surface area contributed by atoms with E-state index in [2.05, 4.69) is 72.7 Å². The molecule has 0 amide bonds. The van der Waals surface area contributed by atoms with Gasteiger partial charge in [-0.15, -0.1) is 0 Å². The molecule has 0 aliphatic rings. The van der Waals surface area contributed by atoms with Gasteiger partial charge in [-0.1, -0.05) is 19.6 Å². The molecule has 0 fully saturated rings. The minimum Gasteiger partial charge on any atom is -0.365 e. The number of imidazole rings is 1. The summed E-state index contributed by atoms with van der Waals surface area (Å²) in [5.41, 5.74) is 0. The number of hydrogen-bond donors (Lipinski definition) is 0. The fraction of sp³-hybridized carbons (Fsp3) is 0.727. The summed E-state index contributed by atoms with van der Waals surface area (Å²) >= 11 is 0. The van der Waals surface area contributed by atoms with Crippen LogP contribution in [0.3, 0.4) is 0 Å². The van der Waals surface area contributed by atoms with Crippen molar-refractivity contribution in [3.05, 3.63) is 18.7 Å². The van der Waals surface area contributed by atoms with E-state index in [1.807, 2.05) is 18.7 Å². The van der Waals surface area contributed by atoms with Crippen LogP contribution < -0.4 is 0 Å². The maximum Gasteiger partial charge on any atom is 0.185 e. The van der Waals surface area contributed by atoms with Gasteiger partial charge in [-0.25, -0.2) is 4.98 Å². The van der Waals surface area contributed by atoms with Gasteiger partial charge in [-0.2, -0.15) is 0 Å². The molecule has 17 heavy (non-hydrogen) atoms. The lowest BCUT2D eigenvalue weighted by Crippen LogP contribution is -2.42. The fourth-order valence-electron chi connectivity index (χ4n) is 1.12. The lowest BCUT2D eigenvalue weighted by Gasteiger charge is -2.24. The Morgan fingerprint density at radius 3 is 1.65 bits per heavy atom. The molecular formula is C11H28N4Si2. The van der Waals surface area contributed by atoms with Crippen molar-refractivity contribution in [3.8, 4) is 0 Å². The Balaban J connectivity index is 0.000000304. The molecule has 0 aliphatic heterocycles. The maximum atomic E-state index is 3.99.